The number of nitrogens with zero attached hydrogens (tertiary/aromatic N) is 1. The van der Waals surface area contributed by atoms with Crippen molar-refractivity contribution in [2.75, 3.05) is 0 Å². The average Bonchev–Trinajstić information content (AvgIpc) is 2.36. The molecule has 1 atom stereocenters. The number of ether oxygens (including phenoxy) is 1. The Kier molecular flexibility index (Phi) is 4.97. The minimum Gasteiger partial charge on any atom is -0.474 e. The number of hydrogen-bond acceptors (Lipinski definition) is 3. The fourth-order valence-electron chi connectivity index (χ4n) is 2.78. The number of hydrogen-bond donors (Lipinski definition) is 1. The van der Waals surface area contributed by atoms with Crippen LogP contribution in [0.2, 0.25) is 0 Å². The second-order valence-electron chi connectivity index (χ2n) is 6.08. The average molecular weight is 292 g/mol. The SMILES string of the molecule is CC(C)CC(C)Oc1nc2c(cc1C(N)=S)CCCC2. The summed E-state index contributed by atoms with van der Waals surface area (Å²) in [6.07, 6.45) is 5.64. The summed E-state index contributed by atoms with van der Waals surface area (Å²) in [5, 5.41) is 0. The van der Waals surface area contributed by atoms with Crippen molar-refractivity contribution in [1.82, 2.24) is 4.98 Å². The largest absolute Gasteiger partial charge is 0.474 e. The quantitative estimate of drug-likeness (QED) is 0.845. The minimum atomic E-state index is 0.122. The van der Waals surface area contributed by atoms with Gasteiger partial charge in [-0.05, 0) is 56.6 Å². The number of fused-ring (bicyclic) bond motifs is 1. The monoisotopic (exact) mass is 292 g/mol. The molecule has 0 bridgehead atoms. The van der Waals surface area contributed by atoms with Gasteiger partial charge in [-0.15, -0.1) is 0 Å². The van der Waals surface area contributed by atoms with Gasteiger partial charge in [0.25, 0.3) is 0 Å². The molecule has 3 nitrogen and oxygen atoms in total. The standard InChI is InChI=1S/C16H24N2OS/c1-10(2)8-11(3)19-16-13(15(17)20)9-12-6-4-5-7-14(12)18-16/h9-11H,4-8H2,1-3H3,(H2,17,20). The summed E-state index contributed by atoms with van der Waals surface area (Å²) >= 11 is 5.15. The summed E-state index contributed by atoms with van der Waals surface area (Å²) in [5.74, 6) is 1.21. The van der Waals surface area contributed by atoms with Gasteiger partial charge in [-0.3, -0.25) is 0 Å². The van der Waals surface area contributed by atoms with Crippen LogP contribution in [0.1, 0.15) is 56.9 Å². The van der Waals surface area contributed by atoms with Crippen molar-refractivity contribution in [1.29, 1.82) is 0 Å². The maximum absolute atomic E-state index is 6.01. The molecule has 0 saturated heterocycles. The lowest BCUT2D eigenvalue weighted by Crippen LogP contribution is -2.21. The van der Waals surface area contributed by atoms with Crippen LogP contribution >= 0.6 is 12.2 Å². The van der Waals surface area contributed by atoms with Crippen molar-refractivity contribution in [3.05, 3.63) is 22.9 Å². The molecule has 0 radical (unpaired) electrons. The topological polar surface area (TPSA) is 48.1 Å². The van der Waals surface area contributed by atoms with Crippen LogP contribution in [0.25, 0.3) is 0 Å². The van der Waals surface area contributed by atoms with Crippen LogP contribution in [0.3, 0.4) is 0 Å². The highest BCUT2D eigenvalue weighted by molar-refractivity contribution is 7.80. The summed E-state index contributed by atoms with van der Waals surface area (Å²) in [6.45, 7) is 6.45. The Labute approximate surface area is 126 Å². The molecule has 0 fully saturated rings. The van der Waals surface area contributed by atoms with Crippen LogP contribution in [0, 0.1) is 5.92 Å². The van der Waals surface area contributed by atoms with Crippen molar-refractivity contribution < 1.29 is 4.74 Å². The Morgan fingerprint density at radius 2 is 2.05 bits per heavy atom. The van der Waals surface area contributed by atoms with E-state index in [2.05, 4.69) is 26.8 Å². The Balaban J connectivity index is 2.28. The van der Waals surface area contributed by atoms with Gasteiger partial charge >= 0.3 is 0 Å². The molecule has 20 heavy (non-hydrogen) atoms. The molecule has 0 amide bonds. The Bertz CT molecular complexity index is 499. The first-order chi connectivity index (χ1) is 9.47. The third-order valence-corrected chi connectivity index (χ3v) is 3.87. The molecule has 1 aromatic rings. The van der Waals surface area contributed by atoms with Crippen LogP contribution in [0.15, 0.2) is 6.07 Å². The molecule has 1 unspecified atom stereocenters. The van der Waals surface area contributed by atoms with Gasteiger partial charge in [0.1, 0.15) is 4.99 Å². The van der Waals surface area contributed by atoms with Crippen molar-refractivity contribution in [3.63, 3.8) is 0 Å². The van der Waals surface area contributed by atoms with Gasteiger partial charge in [-0.2, -0.15) is 0 Å². The molecule has 1 heterocycles. The van der Waals surface area contributed by atoms with Crippen LogP contribution in [-0.2, 0) is 12.8 Å². The van der Waals surface area contributed by atoms with Gasteiger partial charge in [0.2, 0.25) is 5.88 Å². The Morgan fingerprint density at radius 1 is 1.35 bits per heavy atom. The number of pyridine rings is 1. The molecule has 2 N–H and O–H groups in total. The van der Waals surface area contributed by atoms with Gasteiger partial charge < -0.3 is 10.5 Å². The van der Waals surface area contributed by atoms with Crippen molar-refractivity contribution in [2.45, 2.75) is 59.0 Å². The van der Waals surface area contributed by atoms with E-state index >= 15 is 0 Å². The highest BCUT2D eigenvalue weighted by Crippen LogP contribution is 2.27. The normalized spacial score (nSPS) is 15.8. The predicted octanol–water partition coefficient (Wildman–Crippen LogP) is 3.41. The number of thiocarbonyl (C=S) groups is 1. The third kappa shape index (κ3) is 3.69. The molecule has 1 aliphatic rings. The summed E-state index contributed by atoms with van der Waals surface area (Å²) in [5.41, 5.74) is 9.06. The van der Waals surface area contributed by atoms with Crippen LogP contribution in [0.4, 0.5) is 0 Å². The van der Waals surface area contributed by atoms with Crippen molar-refractivity contribution in [2.24, 2.45) is 11.7 Å². The van der Waals surface area contributed by atoms with Gasteiger partial charge in [-0.25, -0.2) is 4.98 Å². The fourth-order valence-corrected chi connectivity index (χ4v) is 2.93. The molecule has 2 rings (SSSR count). The van der Waals surface area contributed by atoms with Crippen molar-refractivity contribution >= 4 is 17.2 Å². The number of aryl methyl sites for hydroxylation is 2. The smallest absolute Gasteiger partial charge is 0.224 e. The Hall–Kier alpha value is -1.16. The molecule has 0 spiro atoms. The van der Waals surface area contributed by atoms with Gasteiger partial charge in [0, 0.05) is 5.69 Å². The van der Waals surface area contributed by atoms with Crippen LogP contribution < -0.4 is 10.5 Å². The van der Waals surface area contributed by atoms with E-state index in [9.17, 15) is 0 Å². The summed E-state index contributed by atoms with van der Waals surface area (Å²) in [7, 11) is 0. The van der Waals surface area contributed by atoms with Gasteiger partial charge in [-0.1, -0.05) is 26.1 Å². The Morgan fingerprint density at radius 3 is 2.70 bits per heavy atom. The zero-order valence-corrected chi connectivity index (χ0v) is 13.4. The first-order valence-corrected chi connectivity index (χ1v) is 7.87. The van der Waals surface area contributed by atoms with Gasteiger partial charge in [0.05, 0.1) is 11.7 Å². The van der Waals surface area contributed by atoms with E-state index in [4.69, 9.17) is 27.7 Å². The number of nitrogens with two attached hydrogens (primary N) is 1. The summed E-state index contributed by atoms with van der Waals surface area (Å²) in [4.78, 5) is 5.06. The molecule has 1 aromatic heterocycles. The van der Waals surface area contributed by atoms with E-state index in [1.807, 2.05) is 0 Å². The number of rotatable bonds is 5. The lowest BCUT2D eigenvalue weighted by atomic mass is 9.95. The maximum Gasteiger partial charge on any atom is 0.224 e. The predicted molar refractivity (Wildman–Crippen MR) is 86.3 cm³/mol. The molecule has 0 aliphatic heterocycles. The first-order valence-electron chi connectivity index (χ1n) is 7.46. The van der Waals surface area contributed by atoms with E-state index < -0.39 is 0 Å². The summed E-state index contributed by atoms with van der Waals surface area (Å²) < 4.78 is 6.01. The minimum absolute atomic E-state index is 0.122. The first kappa shape index (κ1) is 15.2. The fraction of sp³-hybridized carbons (Fsp3) is 0.625. The number of aromatic nitrogens is 1. The zero-order chi connectivity index (χ0) is 14.7. The molecule has 110 valence electrons. The van der Waals surface area contributed by atoms with E-state index in [0.717, 1.165) is 30.5 Å². The molecule has 4 heteroatoms. The van der Waals surface area contributed by atoms with E-state index in [1.165, 1.54) is 18.4 Å². The zero-order valence-electron chi connectivity index (χ0n) is 12.6. The van der Waals surface area contributed by atoms with Crippen LogP contribution in [0.5, 0.6) is 5.88 Å². The van der Waals surface area contributed by atoms with E-state index in [1.54, 1.807) is 0 Å². The second-order valence-corrected chi connectivity index (χ2v) is 6.52. The molecular weight excluding hydrogens is 268 g/mol. The maximum atomic E-state index is 6.01. The lowest BCUT2D eigenvalue weighted by molar-refractivity contribution is 0.184. The van der Waals surface area contributed by atoms with E-state index in [-0.39, 0.29) is 6.10 Å². The lowest BCUT2D eigenvalue weighted by Gasteiger charge is -2.21. The molecular formula is C16H24N2OS. The van der Waals surface area contributed by atoms with E-state index in [0.29, 0.717) is 16.8 Å². The highest BCUT2D eigenvalue weighted by Gasteiger charge is 2.19. The van der Waals surface area contributed by atoms with Gasteiger partial charge in [0.15, 0.2) is 0 Å². The third-order valence-electron chi connectivity index (χ3n) is 3.65. The summed E-state index contributed by atoms with van der Waals surface area (Å²) in [6, 6.07) is 2.08. The molecule has 1 aliphatic carbocycles. The van der Waals surface area contributed by atoms with Crippen LogP contribution in [-0.4, -0.2) is 16.1 Å². The van der Waals surface area contributed by atoms with Crippen molar-refractivity contribution in [3.8, 4) is 5.88 Å². The highest BCUT2D eigenvalue weighted by atomic mass is 32.1. The molecule has 0 saturated carbocycles. The second kappa shape index (κ2) is 6.53. The molecule has 0 aromatic carbocycles.